The first-order valence-electron chi connectivity index (χ1n) is 8.49. The number of nitrogens with one attached hydrogen (secondary N) is 3. The van der Waals surface area contributed by atoms with Crippen LogP contribution in [0, 0.1) is 6.92 Å². The standard InChI is InChI=1S/C18H27N3O3.ClH/c1-4-6-16(22)20-14-7-5-8-15(13(14)2)21-17(23)18(24-3)9-11-19-12-10-18;/h5,7-8,19H,4,6,9-12H2,1-3H3,(H,20,22)(H,21,23);1H. The fourth-order valence-corrected chi connectivity index (χ4v) is 2.94. The van der Waals surface area contributed by atoms with Crippen LogP contribution >= 0.6 is 12.4 Å². The molecule has 140 valence electrons. The second-order valence-electron chi connectivity index (χ2n) is 6.18. The van der Waals surface area contributed by atoms with Crippen molar-refractivity contribution in [1.82, 2.24) is 5.32 Å². The fraction of sp³-hybridized carbons (Fsp3) is 0.556. The molecule has 2 rings (SSSR count). The minimum atomic E-state index is -0.793. The highest BCUT2D eigenvalue weighted by Crippen LogP contribution is 2.28. The Morgan fingerprint density at radius 2 is 1.80 bits per heavy atom. The molecule has 0 saturated carbocycles. The number of methoxy groups -OCH3 is 1. The highest BCUT2D eigenvalue weighted by molar-refractivity contribution is 5.99. The van der Waals surface area contributed by atoms with Crippen LogP contribution in [0.3, 0.4) is 0 Å². The van der Waals surface area contributed by atoms with Crippen molar-refractivity contribution < 1.29 is 14.3 Å². The SMILES string of the molecule is CCCC(=O)Nc1cccc(NC(=O)C2(OC)CCNCC2)c1C.Cl. The number of carbonyl (C=O) groups is 2. The van der Waals surface area contributed by atoms with Crippen LogP contribution in [0.1, 0.15) is 38.2 Å². The van der Waals surface area contributed by atoms with E-state index in [0.717, 1.165) is 30.8 Å². The Kier molecular flexibility index (Phi) is 8.35. The normalized spacial score (nSPS) is 15.8. The van der Waals surface area contributed by atoms with E-state index in [1.807, 2.05) is 32.0 Å². The number of ether oxygens (including phenoxy) is 1. The number of hydrogen-bond donors (Lipinski definition) is 3. The summed E-state index contributed by atoms with van der Waals surface area (Å²) in [5, 5.41) is 9.11. The van der Waals surface area contributed by atoms with Crippen LogP contribution < -0.4 is 16.0 Å². The summed E-state index contributed by atoms with van der Waals surface area (Å²) in [6, 6.07) is 5.51. The summed E-state index contributed by atoms with van der Waals surface area (Å²) in [5.74, 6) is -0.151. The van der Waals surface area contributed by atoms with Crippen LogP contribution in [-0.2, 0) is 14.3 Å². The molecule has 1 saturated heterocycles. The van der Waals surface area contributed by atoms with Gasteiger partial charge in [-0.2, -0.15) is 0 Å². The zero-order valence-corrected chi connectivity index (χ0v) is 15.9. The largest absolute Gasteiger partial charge is 0.368 e. The highest BCUT2D eigenvalue weighted by atomic mass is 35.5. The van der Waals surface area contributed by atoms with Gasteiger partial charge in [-0.3, -0.25) is 9.59 Å². The maximum absolute atomic E-state index is 12.8. The predicted octanol–water partition coefficient (Wildman–Crippen LogP) is 2.86. The highest BCUT2D eigenvalue weighted by Gasteiger charge is 2.39. The van der Waals surface area contributed by atoms with Gasteiger partial charge in [-0.15, -0.1) is 12.4 Å². The topological polar surface area (TPSA) is 79.5 Å². The quantitative estimate of drug-likeness (QED) is 0.720. The van der Waals surface area contributed by atoms with Gasteiger partial charge in [-0.05, 0) is 57.0 Å². The van der Waals surface area contributed by atoms with Crippen LogP contribution in [0.15, 0.2) is 18.2 Å². The molecule has 1 aliphatic rings. The first-order chi connectivity index (χ1) is 11.5. The fourth-order valence-electron chi connectivity index (χ4n) is 2.94. The van der Waals surface area contributed by atoms with E-state index in [9.17, 15) is 9.59 Å². The summed E-state index contributed by atoms with van der Waals surface area (Å²) < 4.78 is 5.56. The van der Waals surface area contributed by atoms with E-state index in [4.69, 9.17) is 4.74 Å². The Morgan fingerprint density at radius 3 is 2.36 bits per heavy atom. The molecule has 6 nitrogen and oxygen atoms in total. The van der Waals surface area contributed by atoms with Gasteiger partial charge < -0.3 is 20.7 Å². The Balaban J connectivity index is 0.00000312. The molecule has 2 amide bonds. The Hall–Kier alpha value is -1.63. The number of carbonyl (C=O) groups excluding carboxylic acids is 2. The van der Waals surface area contributed by atoms with Crippen molar-refractivity contribution in [3.8, 4) is 0 Å². The van der Waals surface area contributed by atoms with Gasteiger partial charge in [0.25, 0.3) is 5.91 Å². The molecule has 1 aliphatic heterocycles. The molecule has 1 aromatic rings. The third-order valence-corrected chi connectivity index (χ3v) is 4.55. The average Bonchev–Trinajstić information content (AvgIpc) is 2.59. The molecule has 7 heteroatoms. The predicted molar refractivity (Wildman–Crippen MR) is 102 cm³/mol. The molecule has 0 aromatic heterocycles. The van der Waals surface area contributed by atoms with Crippen LogP contribution in [0.4, 0.5) is 11.4 Å². The lowest BCUT2D eigenvalue weighted by atomic mass is 9.91. The molecule has 0 spiro atoms. The number of benzene rings is 1. The number of piperidine rings is 1. The number of hydrogen-bond acceptors (Lipinski definition) is 4. The van der Waals surface area contributed by atoms with Gasteiger partial charge in [0, 0.05) is 24.9 Å². The molecular formula is C18H28ClN3O3. The number of anilines is 2. The van der Waals surface area contributed by atoms with E-state index >= 15 is 0 Å². The molecule has 1 heterocycles. The van der Waals surface area contributed by atoms with Crippen molar-refractivity contribution in [1.29, 1.82) is 0 Å². The number of amides is 2. The van der Waals surface area contributed by atoms with Crippen molar-refractivity contribution in [2.45, 2.75) is 45.1 Å². The second kappa shape index (κ2) is 9.75. The first-order valence-corrected chi connectivity index (χ1v) is 8.49. The molecule has 0 radical (unpaired) electrons. The van der Waals surface area contributed by atoms with Crippen molar-refractivity contribution >= 4 is 35.6 Å². The van der Waals surface area contributed by atoms with E-state index in [1.165, 1.54) is 0 Å². The zero-order valence-electron chi connectivity index (χ0n) is 15.1. The van der Waals surface area contributed by atoms with E-state index < -0.39 is 5.60 Å². The van der Waals surface area contributed by atoms with Crippen molar-refractivity contribution in [2.75, 3.05) is 30.8 Å². The Labute approximate surface area is 155 Å². The number of rotatable bonds is 6. The minimum Gasteiger partial charge on any atom is -0.368 e. The molecule has 1 fully saturated rings. The van der Waals surface area contributed by atoms with Crippen LogP contribution in [0.25, 0.3) is 0 Å². The van der Waals surface area contributed by atoms with Crippen LogP contribution in [0.2, 0.25) is 0 Å². The lowest BCUT2D eigenvalue weighted by Gasteiger charge is -2.35. The monoisotopic (exact) mass is 369 g/mol. The third kappa shape index (κ3) is 5.17. The molecule has 0 aliphatic carbocycles. The molecular weight excluding hydrogens is 342 g/mol. The van der Waals surface area contributed by atoms with Crippen LogP contribution in [0.5, 0.6) is 0 Å². The van der Waals surface area contributed by atoms with Crippen molar-refractivity contribution in [2.24, 2.45) is 0 Å². The molecule has 0 atom stereocenters. The van der Waals surface area contributed by atoms with E-state index in [-0.39, 0.29) is 24.2 Å². The molecule has 1 aromatic carbocycles. The van der Waals surface area contributed by atoms with E-state index in [0.29, 0.717) is 24.9 Å². The van der Waals surface area contributed by atoms with E-state index in [1.54, 1.807) is 7.11 Å². The average molecular weight is 370 g/mol. The summed E-state index contributed by atoms with van der Waals surface area (Å²) in [7, 11) is 1.58. The van der Waals surface area contributed by atoms with Gasteiger partial charge >= 0.3 is 0 Å². The molecule has 0 unspecified atom stereocenters. The van der Waals surface area contributed by atoms with Gasteiger partial charge in [0.2, 0.25) is 5.91 Å². The lowest BCUT2D eigenvalue weighted by molar-refractivity contribution is -0.140. The van der Waals surface area contributed by atoms with Gasteiger partial charge in [0.15, 0.2) is 0 Å². The maximum atomic E-state index is 12.8. The third-order valence-electron chi connectivity index (χ3n) is 4.55. The summed E-state index contributed by atoms with van der Waals surface area (Å²) in [6.45, 7) is 5.37. The van der Waals surface area contributed by atoms with Gasteiger partial charge in [0.05, 0.1) is 0 Å². The smallest absolute Gasteiger partial charge is 0.256 e. The summed E-state index contributed by atoms with van der Waals surface area (Å²) >= 11 is 0. The Bertz CT molecular complexity index is 601. The lowest BCUT2D eigenvalue weighted by Crippen LogP contribution is -2.51. The molecule has 0 bridgehead atoms. The van der Waals surface area contributed by atoms with Crippen LogP contribution in [-0.4, -0.2) is 37.6 Å². The second-order valence-corrected chi connectivity index (χ2v) is 6.18. The van der Waals surface area contributed by atoms with Crippen molar-refractivity contribution in [3.63, 3.8) is 0 Å². The van der Waals surface area contributed by atoms with Gasteiger partial charge in [0.1, 0.15) is 5.60 Å². The summed E-state index contributed by atoms with van der Waals surface area (Å²) in [5.41, 5.74) is 1.47. The molecule has 3 N–H and O–H groups in total. The zero-order chi connectivity index (χ0) is 17.6. The summed E-state index contributed by atoms with van der Waals surface area (Å²) in [6.07, 6.45) is 2.56. The first kappa shape index (κ1) is 21.4. The Morgan fingerprint density at radius 1 is 1.20 bits per heavy atom. The van der Waals surface area contributed by atoms with Gasteiger partial charge in [-0.1, -0.05) is 13.0 Å². The van der Waals surface area contributed by atoms with Gasteiger partial charge in [-0.25, -0.2) is 0 Å². The maximum Gasteiger partial charge on any atom is 0.256 e. The minimum absolute atomic E-state index is 0. The van der Waals surface area contributed by atoms with Crippen molar-refractivity contribution in [3.05, 3.63) is 23.8 Å². The number of halogens is 1. The summed E-state index contributed by atoms with van der Waals surface area (Å²) in [4.78, 5) is 24.6. The van der Waals surface area contributed by atoms with E-state index in [2.05, 4.69) is 16.0 Å². The molecule has 25 heavy (non-hydrogen) atoms.